The van der Waals surface area contributed by atoms with Crippen molar-refractivity contribution in [1.29, 1.82) is 0 Å². The highest BCUT2D eigenvalue weighted by Crippen LogP contribution is 2.49. The number of ether oxygens (including phenoxy) is 2. The molecule has 4 N–H and O–H groups in total. The molecule has 140 valence electrons. The van der Waals surface area contributed by atoms with Crippen LogP contribution in [0, 0.1) is 12.3 Å². The lowest BCUT2D eigenvalue weighted by molar-refractivity contribution is -0.171. The van der Waals surface area contributed by atoms with Gasteiger partial charge < -0.3 is 25.6 Å². The third-order valence-electron chi connectivity index (χ3n) is 5.17. The summed E-state index contributed by atoms with van der Waals surface area (Å²) in [4.78, 5) is 12.5. The van der Waals surface area contributed by atoms with Gasteiger partial charge in [0.1, 0.15) is 24.0 Å². The Morgan fingerprint density at radius 2 is 2.20 bits per heavy atom. The lowest BCUT2D eigenvalue weighted by Gasteiger charge is -2.57. The van der Waals surface area contributed by atoms with E-state index in [1.807, 2.05) is 52.0 Å². The van der Waals surface area contributed by atoms with Crippen LogP contribution in [0.2, 0.25) is 0 Å². The molecule has 2 rings (SSSR count). The number of aliphatic hydroxyl groups is 1. The van der Waals surface area contributed by atoms with Crippen molar-refractivity contribution in [3.05, 3.63) is 29.8 Å². The van der Waals surface area contributed by atoms with E-state index in [9.17, 15) is 9.90 Å². The maximum absolute atomic E-state index is 12.5. The molecule has 1 aliphatic rings. The summed E-state index contributed by atoms with van der Waals surface area (Å²) in [6, 6.07) is 7.59. The van der Waals surface area contributed by atoms with Crippen molar-refractivity contribution < 1.29 is 19.4 Å². The zero-order chi connectivity index (χ0) is 18.7. The van der Waals surface area contributed by atoms with Gasteiger partial charge in [-0.05, 0) is 31.5 Å². The summed E-state index contributed by atoms with van der Waals surface area (Å²) in [6.45, 7) is 8.57. The van der Waals surface area contributed by atoms with Crippen LogP contribution in [0.15, 0.2) is 24.3 Å². The third kappa shape index (κ3) is 4.14. The molecule has 0 radical (unpaired) electrons. The largest absolute Gasteiger partial charge is 0.491 e. The van der Waals surface area contributed by atoms with E-state index < -0.39 is 17.1 Å². The molecule has 1 fully saturated rings. The predicted octanol–water partition coefficient (Wildman–Crippen LogP) is 1.38. The molecule has 1 amide bonds. The van der Waals surface area contributed by atoms with E-state index in [-0.39, 0.29) is 25.2 Å². The van der Waals surface area contributed by atoms with E-state index >= 15 is 0 Å². The molecule has 0 spiro atoms. The van der Waals surface area contributed by atoms with Gasteiger partial charge in [0.05, 0.1) is 6.10 Å². The smallest absolute Gasteiger partial charge is 0.240 e. The second kappa shape index (κ2) is 7.72. The standard InChI is InChI=1S/C19H30N2O4/c1-5-24-16-10-19(20,18(16,3)4)17(23)21-11-14(22)12-25-15-8-6-7-13(2)9-15/h6-9,14,16,22H,5,10-12,20H2,1-4H3,(H,21,23). The lowest BCUT2D eigenvalue weighted by Crippen LogP contribution is -2.76. The number of nitrogens with two attached hydrogens (primary N) is 1. The molecular weight excluding hydrogens is 320 g/mol. The summed E-state index contributed by atoms with van der Waals surface area (Å²) in [5, 5.41) is 12.8. The Morgan fingerprint density at radius 1 is 1.48 bits per heavy atom. The quantitative estimate of drug-likeness (QED) is 0.659. The number of nitrogens with one attached hydrogen (secondary N) is 1. The molecule has 1 saturated carbocycles. The van der Waals surface area contributed by atoms with Gasteiger partial charge in [-0.15, -0.1) is 0 Å². The maximum Gasteiger partial charge on any atom is 0.240 e. The first kappa shape index (κ1) is 19.7. The SMILES string of the molecule is CCOC1CC(N)(C(=O)NCC(O)COc2cccc(C)c2)C1(C)C. The molecule has 3 unspecified atom stereocenters. The van der Waals surface area contributed by atoms with Crippen LogP contribution in [-0.4, -0.2) is 48.5 Å². The van der Waals surface area contributed by atoms with Crippen molar-refractivity contribution in [3.8, 4) is 5.75 Å². The van der Waals surface area contributed by atoms with Crippen LogP contribution in [0.3, 0.4) is 0 Å². The van der Waals surface area contributed by atoms with Crippen molar-refractivity contribution >= 4 is 5.91 Å². The minimum atomic E-state index is -0.982. The normalized spacial score (nSPS) is 25.8. The van der Waals surface area contributed by atoms with E-state index in [0.717, 1.165) is 5.56 Å². The first-order valence-electron chi connectivity index (χ1n) is 8.77. The average Bonchev–Trinajstić information content (AvgIpc) is 2.57. The minimum absolute atomic E-state index is 0.0252. The van der Waals surface area contributed by atoms with Crippen LogP contribution in [0.4, 0.5) is 0 Å². The Labute approximate surface area is 149 Å². The molecule has 0 aliphatic heterocycles. The Kier molecular flexibility index (Phi) is 6.08. The number of hydrogen-bond acceptors (Lipinski definition) is 5. The molecule has 1 aromatic carbocycles. The van der Waals surface area contributed by atoms with Crippen molar-refractivity contribution in [2.24, 2.45) is 11.1 Å². The van der Waals surface area contributed by atoms with Gasteiger partial charge in [0.15, 0.2) is 0 Å². The summed E-state index contributed by atoms with van der Waals surface area (Å²) in [5.41, 5.74) is 5.96. The van der Waals surface area contributed by atoms with E-state index in [1.165, 1.54) is 0 Å². The number of aliphatic hydroxyl groups excluding tert-OH is 1. The number of aryl methyl sites for hydroxylation is 1. The number of rotatable bonds is 8. The summed E-state index contributed by atoms with van der Waals surface area (Å²) in [6.07, 6.45) is -0.350. The number of benzene rings is 1. The molecule has 0 saturated heterocycles. The summed E-state index contributed by atoms with van der Waals surface area (Å²) in [5.74, 6) is 0.434. The molecule has 3 atom stereocenters. The van der Waals surface area contributed by atoms with Crippen LogP contribution >= 0.6 is 0 Å². The summed E-state index contributed by atoms with van der Waals surface area (Å²) in [7, 11) is 0. The second-order valence-electron chi connectivity index (χ2n) is 7.33. The van der Waals surface area contributed by atoms with Crippen molar-refractivity contribution in [3.63, 3.8) is 0 Å². The molecule has 1 aromatic rings. The molecule has 0 aromatic heterocycles. The number of carbonyl (C=O) groups is 1. The Balaban J connectivity index is 1.79. The van der Waals surface area contributed by atoms with Crippen LogP contribution < -0.4 is 15.8 Å². The van der Waals surface area contributed by atoms with Gasteiger partial charge >= 0.3 is 0 Å². The van der Waals surface area contributed by atoms with Gasteiger partial charge in [-0.2, -0.15) is 0 Å². The van der Waals surface area contributed by atoms with Crippen LogP contribution in [0.25, 0.3) is 0 Å². The monoisotopic (exact) mass is 350 g/mol. The number of hydrogen-bond donors (Lipinski definition) is 3. The molecule has 6 nitrogen and oxygen atoms in total. The van der Waals surface area contributed by atoms with Crippen LogP contribution in [-0.2, 0) is 9.53 Å². The second-order valence-corrected chi connectivity index (χ2v) is 7.33. The van der Waals surface area contributed by atoms with E-state index in [2.05, 4.69) is 5.32 Å². The van der Waals surface area contributed by atoms with Crippen molar-refractivity contribution in [1.82, 2.24) is 5.32 Å². The van der Waals surface area contributed by atoms with Gasteiger partial charge in [-0.25, -0.2) is 0 Å². The van der Waals surface area contributed by atoms with Gasteiger partial charge in [0.2, 0.25) is 5.91 Å². The van der Waals surface area contributed by atoms with Gasteiger partial charge in [-0.3, -0.25) is 4.79 Å². The Hall–Kier alpha value is -1.63. The van der Waals surface area contributed by atoms with Crippen molar-refractivity contribution in [2.75, 3.05) is 19.8 Å². The average molecular weight is 350 g/mol. The minimum Gasteiger partial charge on any atom is -0.491 e. The van der Waals surface area contributed by atoms with Crippen molar-refractivity contribution in [2.45, 2.75) is 51.9 Å². The van der Waals surface area contributed by atoms with E-state index in [1.54, 1.807) is 0 Å². The lowest BCUT2D eigenvalue weighted by atomic mass is 9.54. The highest BCUT2D eigenvalue weighted by atomic mass is 16.5. The van der Waals surface area contributed by atoms with Crippen LogP contribution in [0.5, 0.6) is 5.75 Å². The zero-order valence-electron chi connectivity index (χ0n) is 15.5. The molecule has 1 aliphatic carbocycles. The fourth-order valence-electron chi connectivity index (χ4n) is 3.15. The topological polar surface area (TPSA) is 93.8 Å². The van der Waals surface area contributed by atoms with Gasteiger partial charge in [0, 0.05) is 25.0 Å². The number of carbonyl (C=O) groups excluding carboxylic acids is 1. The van der Waals surface area contributed by atoms with Crippen LogP contribution in [0.1, 0.15) is 32.8 Å². The van der Waals surface area contributed by atoms with E-state index in [4.69, 9.17) is 15.2 Å². The fraction of sp³-hybridized carbons (Fsp3) is 0.632. The van der Waals surface area contributed by atoms with E-state index in [0.29, 0.717) is 18.8 Å². The molecule has 0 bridgehead atoms. The molecule has 0 heterocycles. The highest BCUT2D eigenvalue weighted by Gasteiger charge is 2.62. The first-order valence-corrected chi connectivity index (χ1v) is 8.77. The third-order valence-corrected chi connectivity index (χ3v) is 5.17. The Bertz CT molecular complexity index is 605. The van der Waals surface area contributed by atoms with Gasteiger partial charge in [0.25, 0.3) is 0 Å². The molecule has 6 heteroatoms. The predicted molar refractivity (Wildman–Crippen MR) is 96.4 cm³/mol. The first-order chi connectivity index (χ1) is 11.7. The van der Waals surface area contributed by atoms with Gasteiger partial charge in [-0.1, -0.05) is 26.0 Å². The summed E-state index contributed by atoms with van der Waals surface area (Å²) >= 11 is 0. The molecule has 25 heavy (non-hydrogen) atoms. The fourth-order valence-corrected chi connectivity index (χ4v) is 3.15. The number of amides is 1. The Morgan fingerprint density at radius 3 is 2.80 bits per heavy atom. The highest BCUT2D eigenvalue weighted by molar-refractivity contribution is 5.88. The zero-order valence-corrected chi connectivity index (χ0v) is 15.5. The summed E-state index contributed by atoms with van der Waals surface area (Å²) < 4.78 is 11.2. The maximum atomic E-state index is 12.5. The molecular formula is C19H30N2O4.